The van der Waals surface area contributed by atoms with Gasteiger partial charge < -0.3 is 9.47 Å². The largest absolute Gasteiger partial charge is 0.491 e. The third kappa shape index (κ3) is 4.50. The van der Waals surface area contributed by atoms with Gasteiger partial charge in [0.25, 0.3) is 0 Å². The monoisotopic (exact) mass is 259 g/mol. The normalized spacial score (nSPS) is 10.2. The molecule has 4 nitrogen and oxygen atoms in total. The Morgan fingerprint density at radius 3 is 2.79 bits per heavy atom. The quantitative estimate of drug-likeness (QED) is 0.561. The van der Waals surface area contributed by atoms with Crippen LogP contribution in [0.3, 0.4) is 0 Å². The zero-order chi connectivity index (χ0) is 13.5. The number of benzene rings is 1. The van der Waals surface area contributed by atoms with E-state index in [1.807, 2.05) is 60.7 Å². The predicted octanol–water partition coefficient (Wildman–Crippen LogP) is 1.92. The number of hydrogen-bond acceptors (Lipinski definition) is 2. The van der Waals surface area contributed by atoms with E-state index in [9.17, 15) is 0 Å². The minimum Gasteiger partial charge on any atom is -0.491 e. The number of rotatable bonds is 7. The van der Waals surface area contributed by atoms with Gasteiger partial charge in [0.1, 0.15) is 43.7 Å². The molecule has 0 saturated carbocycles. The molecule has 1 aromatic carbocycles. The van der Waals surface area contributed by atoms with Gasteiger partial charge in [-0.2, -0.15) is 0 Å². The van der Waals surface area contributed by atoms with Gasteiger partial charge in [-0.15, -0.1) is 0 Å². The SMILES string of the molecule is C=C(COc1ccccc1)OCCn1cc[n+](C)c1. The maximum absolute atomic E-state index is 5.54. The lowest BCUT2D eigenvalue weighted by Crippen LogP contribution is -2.24. The molecule has 0 aliphatic carbocycles. The summed E-state index contributed by atoms with van der Waals surface area (Å²) in [6.07, 6.45) is 6.01. The molecule has 0 spiro atoms. The molecule has 0 N–H and O–H groups in total. The first-order chi connectivity index (χ1) is 9.24. The summed E-state index contributed by atoms with van der Waals surface area (Å²) in [7, 11) is 1.99. The molecule has 0 radical (unpaired) electrons. The van der Waals surface area contributed by atoms with E-state index in [0.717, 1.165) is 12.3 Å². The van der Waals surface area contributed by atoms with Gasteiger partial charge in [-0.05, 0) is 12.1 Å². The highest BCUT2D eigenvalue weighted by atomic mass is 16.5. The van der Waals surface area contributed by atoms with E-state index >= 15 is 0 Å². The van der Waals surface area contributed by atoms with Crippen LogP contribution in [0, 0.1) is 0 Å². The third-order valence-corrected chi connectivity index (χ3v) is 2.62. The highest BCUT2D eigenvalue weighted by molar-refractivity contribution is 5.21. The molecule has 0 aliphatic heterocycles. The highest BCUT2D eigenvalue weighted by Crippen LogP contribution is 2.09. The molecule has 2 aromatic rings. The summed E-state index contributed by atoms with van der Waals surface area (Å²) in [5.41, 5.74) is 0. The molecule has 4 heteroatoms. The van der Waals surface area contributed by atoms with Crippen molar-refractivity contribution in [3.63, 3.8) is 0 Å². The van der Waals surface area contributed by atoms with E-state index in [4.69, 9.17) is 9.47 Å². The Labute approximate surface area is 113 Å². The van der Waals surface area contributed by atoms with Crippen molar-refractivity contribution in [2.75, 3.05) is 13.2 Å². The Bertz CT molecular complexity index is 520. The molecule has 0 amide bonds. The van der Waals surface area contributed by atoms with E-state index in [-0.39, 0.29) is 0 Å². The molecule has 19 heavy (non-hydrogen) atoms. The molecule has 100 valence electrons. The van der Waals surface area contributed by atoms with Gasteiger partial charge in [0, 0.05) is 0 Å². The number of nitrogens with zero attached hydrogens (tertiary/aromatic N) is 2. The first-order valence-corrected chi connectivity index (χ1v) is 6.23. The second-order valence-corrected chi connectivity index (χ2v) is 4.31. The van der Waals surface area contributed by atoms with E-state index < -0.39 is 0 Å². The lowest BCUT2D eigenvalue weighted by atomic mass is 10.3. The number of imidazole rings is 1. The zero-order valence-corrected chi connectivity index (χ0v) is 11.2. The molecule has 1 heterocycles. The fourth-order valence-electron chi connectivity index (χ4n) is 1.65. The average molecular weight is 259 g/mol. The summed E-state index contributed by atoms with van der Waals surface area (Å²) in [6.45, 7) is 5.61. The molecule has 0 bridgehead atoms. The van der Waals surface area contributed by atoms with Crippen LogP contribution in [-0.4, -0.2) is 17.8 Å². The highest BCUT2D eigenvalue weighted by Gasteiger charge is 2.01. The van der Waals surface area contributed by atoms with Crippen LogP contribution in [0.2, 0.25) is 0 Å². The summed E-state index contributed by atoms with van der Waals surface area (Å²) in [4.78, 5) is 0. The molecular formula is C15H19N2O2+. The minimum atomic E-state index is 0.378. The molecule has 0 atom stereocenters. The van der Waals surface area contributed by atoms with Crippen molar-refractivity contribution in [2.45, 2.75) is 6.54 Å². The van der Waals surface area contributed by atoms with Gasteiger partial charge in [0.15, 0.2) is 0 Å². The first kappa shape index (κ1) is 13.2. The van der Waals surface area contributed by atoms with Crippen LogP contribution in [0.5, 0.6) is 5.75 Å². The average Bonchev–Trinajstić information content (AvgIpc) is 2.83. The van der Waals surface area contributed by atoms with E-state index in [2.05, 4.69) is 11.1 Å². The van der Waals surface area contributed by atoms with Crippen LogP contribution in [0.25, 0.3) is 0 Å². The van der Waals surface area contributed by atoms with E-state index in [0.29, 0.717) is 19.0 Å². The Balaban J connectivity index is 1.65. The number of aryl methyl sites for hydroxylation is 1. The van der Waals surface area contributed by atoms with Gasteiger partial charge in [-0.3, -0.25) is 0 Å². The molecule has 2 rings (SSSR count). The van der Waals surface area contributed by atoms with Gasteiger partial charge in [0.05, 0.1) is 7.05 Å². The Morgan fingerprint density at radius 2 is 2.11 bits per heavy atom. The van der Waals surface area contributed by atoms with Gasteiger partial charge in [-0.25, -0.2) is 9.13 Å². The van der Waals surface area contributed by atoms with Crippen LogP contribution in [0.4, 0.5) is 0 Å². The zero-order valence-electron chi connectivity index (χ0n) is 11.2. The van der Waals surface area contributed by atoms with Crippen molar-refractivity contribution in [3.05, 3.63) is 61.4 Å². The van der Waals surface area contributed by atoms with Crippen molar-refractivity contribution in [3.8, 4) is 5.75 Å². The number of para-hydroxylation sites is 1. The molecule has 0 unspecified atom stereocenters. The maximum Gasteiger partial charge on any atom is 0.243 e. The lowest BCUT2D eigenvalue weighted by molar-refractivity contribution is -0.671. The Morgan fingerprint density at radius 1 is 1.32 bits per heavy atom. The maximum atomic E-state index is 5.54. The molecule has 0 saturated heterocycles. The number of ether oxygens (including phenoxy) is 2. The standard InChI is InChI=1S/C15H19N2O2/c1-14(12-19-15-6-4-3-5-7-15)18-11-10-17-9-8-16(2)13-17/h3-9,13H,1,10-12H2,2H3/q+1. The van der Waals surface area contributed by atoms with Crippen molar-refractivity contribution < 1.29 is 14.0 Å². The van der Waals surface area contributed by atoms with Crippen LogP contribution in [0.1, 0.15) is 0 Å². The van der Waals surface area contributed by atoms with Crippen LogP contribution >= 0.6 is 0 Å². The Kier molecular flexibility index (Phi) is 4.61. The van der Waals surface area contributed by atoms with Crippen molar-refractivity contribution >= 4 is 0 Å². The van der Waals surface area contributed by atoms with E-state index in [1.54, 1.807) is 0 Å². The summed E-state index contributed by atoms with van der Waals surface area (Å²) < 4.78 is 15.1. The third-order valence-electron chi connectivity index (χ3n) is 2.62. The fourth-order valence-corrected chi connectivity index (χ4v) is 1.65. The van der Waals surface area contributed by atoms with Gasteiger partial charge >= 0.3 is 0 Å². The van der Waals surface area contributed by atoms with E-state index in [1.165, 1.54) is 0 Å². The summed E-state index contributed by atoms with van der Waals surface area (Å²) >= 11 is 0. The molecule has 1 aromatic heterocycles. The minimum absolute atomic E-state index is 0.378. The fraction of sp³-hybridized carbons (Fsp3) is 0.267. The second kappa shape index (κ2) is 6.64. The molecule has 0 aliphatic rings. The lowest BCUT2D eigenvalue weighted by Gasteiger charge is -2.09. The summed E-state index contributed by atoms with van der Waals surface area (Å²) in [5.74, 6) is 1.46. The van der Waals surface area contributed by atoms with Crippen LogP contribution < -0.4 is 9.30 Å². The second-order valence-electron chi connectivity index (χ2n) is 4.31. The summed E-state index contributed by atoms with van der Waals surface area (Å²) in [6, 6.07) is 9.64. The molecular weight excluding hydrogens is 240 g/mol. The van der Waals surface area contributed by atoms with Crippen molar-refractivity contribution in [2.24, 2.45) is 7.05 Å². The van der Waals surface area contributed by atoms with Crippen molar-refractivity contribution in [1.29, 1.82) is 0 Å². The van der Waals surface area contributed by atoms with Crippen molar-refractivity contribution in [1.82, 2.24) is 4.57 Å². The first-order valence-electron chi connectivity index (χ1n) is 6.23. The van der Waals surface area contributed by atoms with Crippen LogP contribution in [-0.2, 0) is 18.3 Å². The summed E-state index contributed by atoms with van der Waals surface area (Å²) in [5, 5.41) is 0. The Hall–Kier alpha value is -2.23. The topological polar surface area (TPSA) is 27.3 Å². The molecule has 0 fully saturated rings. The number of aromatic nitrogens is 2. The smallest absolute Gasteiger partial charge is 0.243 e. The predicted molar refractivity (Wildman–Crippen MR) is 72.6 cm³/mol. The van der Waals surface area contributed by atoms with Gasteiger partial charge in [-0.1, -0.05) is 24.8 Å². The van der Waals surface area contributed by atoms with Gasteiger partial charge in [0.2, 0.25) is 6.33 Å². The van der Waals surface area contributed by atoms with Crippen LogP contribution in [0.15, 0.2) is 61.4 Å². The number of hydrogen-bond donors (Lipinski definition) is 0.